The van der Waals surface area contributed by atoms with E-state index in [0.717, 1.165) is 38.5 Å². The summed E-state index contributed by atoms with van der Waals surface area (Å²) >= 11 is 0. The molecule has 2 rings (SSSR count). The Hall–Kier alpha value is -3.00. The van der Waals surface area contributed by atoms with Crippen LogP contribution in [0.1, 0.15) is 120 Å². The molecule has 13 nitrogen and oxygen atoms in total. The van der Waals surface area contributed by atoms with E-state index < -0.39 is 74.6 Å². The van der Waals surface area contributed by atoms with E-state index in [9.17, 15) is 32.4 Å². The molecule has 0 aromatic heterocycles. The number of rotatable bonds is 18. The maximum absolute atomic E-state index is 14.5. The fourth-order valence-electron chi connectivity index (χ4n) is 7.33. The van der Waals surface area contributed by atoms with Crippen LogP contribution in [-0.4, -0.2) is 104 Å². The molecule has 0 aromatic carbocycles. The van der Waals surface area contributed by atoms with Crippen LogP contribution in [0, 0.1) is 28.6 Å². The Bertz CT molecular complexity index is 1380. The minimum absolute atomic E-state index is 0.0209. The van der Waals surface area contributed by atoms with E-state index in [1.165, 1.54) is 21.5 Å². The fraction of sp³-hybridized carbons (Fsp3) is 0.821. The smallest absolute Gasteiger partial charge is 0.315 e. The minimum Gasteiger partial charge on any atom is -0.346 e. The van der Waals surface area contributed by atoms with Crippen LogP contribution >= 0.6 is 0 Å². The molecule has 5 amide bonds. The average Bonchev–Trinajstić information content (AvgIpc) is 3.52. The standard InChI is InChI=1S/C39H70N6O7S/c1-12-14-20-29(32(46)35(48)40-22-13-2)41-34(47)31-28(26(3)4)21-23-45(31)36(49)33(39(8,9)10)43-37(50)42-30(38(5,6)7)25-44(53(11,51)52)24-27-18-16-15-17-19-27/h13,26-31,33H,2,12,14-25H2,1,3-11H3,(H,40,48)(H,41,47)(H2,42,43,50)/t28-,29?,30-,31+,33-/m1/s1. The highest BCUT2D eigenvalue weighted by molar-refractivity contribution is 7.88. The minimum atomic E-state index is -3.57. The molecule has 53 heavy (non-hydrogen) atoms. The first-order valence-corrected chi connectivity index (χ1v) is 21.4. The van der Waals surface area contributed by atoms with Gasteiger partial charge in [-0.05, 0) is 54.3 Å². The lowest BCUT2D eigenvalue weighted by Gasteiger charge is -2.39. The van der Waals surface area contributed by atoms with Gasteiger partial charge in [-0.25, -0.2) is 13.2 Å². The highest BCUT2D eigenvalue weighted by Crippen LogP contribution is 2.34. The molecule has 2 fully saturated rings. The predicted molar refractivity (Wildman–Crippen MR) is 209 cm³/mol. The molecule has 4 N–H and O–H groups in total. The second kappa shape index (κ2) is 20.1. The van der Waals surface area contributed by atoms with E-state index in [4.69, 9.17) is 0 Å². The summed E-state index contributed by atoms with van der Waals surface area (Å²) in [6.45, 7) is 21.7. The lowest BCUT2D eigenvalue weighted by molar-refractivity contribution is -0.144. The molecule has 1 heterocycles. The number of urea groups is 1. The van der Waals surface area contributed by atoms with E-state index in [2.05, 4.69) is 27.8 Å². The molecule has 1 unspecified atom stereocenters. The summed E-state index contributed by atoms with van der Waals surface area (Å²) in [7, 11) is -3.57. The summed E-state index contributed by atoms with van der Waals surface area (Å²) in [6.07, 6.45) is 10.1. The molecule has 0 radical (unpaired) electrons. The van der Waals surface area contributed by atoms with Crippen molar-refractivity contribution < 1.29 is 32.4 Å². The Labute approximate surface area is 319 Å². The summed E-state index contributed by atoms with van der Waals surface area (Å²) in [5.74, 6) is -2.43. The number of hydrogen-bond acceptors (Lipinski definition) is 7. The van der Waals surface area contributed by atoms with E-state index in [1.54, 1.807) is 0 Å². The molecule has 14 heteroatoms. The molecule has 1 saturated heterocycles. The van der Waals surface area contributed by atoms with Crippen molar-refractivity contribution in [1.82, 2.24) is 30.5 Å². The number of sulfonamides is 1. The molecular weight excluding hydrogens is 697 g/mol. The van der Waals surface area contributed by atoms with Crippen LogP contribution in [0.2, 0.25) is 0 Å². The Morgan fingerprint density at radius 3 is 2.06 bits per heavy atom. The van der Waals surface area contributed by atoms with E-state index in [0.29, 0.717) is 19.4 Å². The summed E-state index contributed by atoms with van der Waals surface area (Å²) in [6, 6.07) is -4.20. The third-order valence-corrected chi connectivity index (χ3v) is 12.0. The zero-order chi connectivity index (χ0) is 40.3. The Balaban J connectivity index is 2.35. The second-order valence-electron chi connectivity index (χ2n) is 17.7. The Morgan fingerprint density at radius 1 is 0.925 bits per heavy atom. The first kappa shape index (κ1) is 46.2. The van der Waals surface area contributed by atoms with Gasteiger partial charge in [-0.1, -0.05) is 100 Å². The van der Waals surface area contributed by atoms with Crippen molar-refractivity contribution in [2.75, 3.05) is 32.4 Å². The van der Waals surface area contributed by atoms with Gasteiger partial charge in [-0.2, -0.15) is 4.31 Å². The molecule has 2 aliphatic rings. The number of Topliss-reactive ketones (excluding diaryl/α,β-unsaturated/α-hetero) is 1. The second-order valence-corrected chi connectivity index (χ2v) is 19.6. The quantitative estimate of drug-likeness (QED) is 0.118. The van der Waals surface area contributed by atoms with Crippen LogP contribution in [0.15, 0.2) is 12.7 Å². The maximum Gasteiger partial charge on any atom is 0.315 e. The highest BCUT2D eigenvalue weighted by atomic mass is 32.2. The van der Waals surface area contributed by atoms with Crippen LogP contribution in [-0.2, 0) is 29.2 Å². The van der Waals surface area contributed by atoms with Crippen LogP contribution in [0.3, 0.4) is 0 Å². The van der Waals surface area contributed by atoms with Crippen molar-refractivity contribution in [1.29, 1.82) is 0 Å². The number of carbonyl (C=O) groups excluding carboxylic acids is 5. The van der Waals surface area contributed by atoms with Gasteiger partial charge in [0, 0.05) is 32.2 Å². The van der Waals surface area contributed by atoms with Gasteiger partial charge in [0.1, 0.15) is 12.1 Å². The Morgan fingerprint density at radius 2 is 1.55 bits per heavy atom. The van der Waals surface area contributed by atoms with Gasteiger partial charge < -0.3 is 26.2 Å². The zero-order valence-electron chi connectivity index (χ0n) is 34.2. The van der Waals surface area contributed by atoms with Gasteiger partial charge in [-0.15, -0.1) is 6.58 Å². The van der Waals surface area contributed by atoms with Crippen molar-refractivity contribution in [3.8, 4) is 0 Å². The lowest BCUT2D eigenvalue weighted by Crippen LogP contribution is -2.62. The van der Waals surface area contributed by atoms with E-state index in [1.807, 2.05) is 62.3 Å². The van der Waals surface area contributed by atoms with Gasteiger partial charge >= 0.3 is 6.03 Å². The highest BCUT2D eigenvalue weighted by Gasteiger charge is 2.48. The summed E-state index contributed by atoms with van der Waals surface area (Å²) in [5, 5.41) is 11.2. The molecule has 0 aromatic rings. The van der Waals surface area contributed by atoms with Crippen molar-refractivity contribution in [3.63, 3.8) is 0 Å². The van der Waals surface area contributed by atoms with Crippen molar-refractivity contribution in [2.45, 2.75) is 144 Å². The topological polar surface area (TPSA) is 174 Å². The van der Waals surface area contributed by atoms with Gasteiger partial charge in [0.25, 0.3) is 5.91 Å². The molecular formula is C39H70N6O7S. The van der Waals surface area contributed by atoms with Crippen molar-refractivity contribution >= 4 is 39.6 Å². The number of amides is 5. The first-order valence-electron chi connectivity index (χ1n) is 19.6. The van der Waals surface area contributed by atoms with Crippen LogP contribution < -0.4 is 21.3 Å². The van der Waals surface area contributed by atoms with E-state index in [-0.39, 0.29) is 43.8 Å². The van der Waals surface area contributed by atoms with E-state index >= 15 is 0 Å². The largest absolute Gasteiger partial charge is 0.346 e. The maximum atomic E-state index is 14.5. The van der Waals surface area contributed by atoms with Gasteiger partial charge in [0.2, 0.25) is 27.6 Å². The summed E-state index contributed by atoms with van der Waals surface area (Å²) in [4.78, 5) is 69.7. The first-order chi connectivity index (χ1) is 24.5. The SMILES string of the molecule is C=CCNC(=O)C(=O)C(CCCC)NC(=O)[C@@H]1[C@@H](C(C)C)CCN1C(=O)[C@@H](NC(=O)N[C@H](CN(CC1CCCCC1)S(C)(=O)=O)C(C)(C)C)C(C)(C)C. The zero-order valence-corrected chi connectivity index (χ0v) is 35.0. The van der Waals surface area contributed by atoms with Crippen molar-refractivity contribution in [2.24, 2.45) is 28.6 Å². The van der Waals surface area contributed by atoms with Crippen LogP contribution in [0.4, 0.5) is 4.79 Å². The third-order valence-electron chi connectivity index (χ3n) is 10.7. The Kier molecular flexibility index (Phi) is 17.5. The van der Waals surface area contributed by atoms with Crippen LogP contribution in [0.5, 0.6) is 0 Å². The monoisotopic (exact) mass is 767 g/mol. The van der Waals surface area contributed by atoms with Gasteiger partial charge in [0.05, 0.1) is 12.3 Å². The molecule has 5 atom stereocenters. The normalized spacial score (nSPS) is 20.4. The lowest BCUT2D eigenvalue weighted by atomic mass is 9.84. The van der Waals surface area contributed by atoms with Crippen LogP contribution in [0.25, 0.3) is 0 Å². The summed E-state index contributed by atoms with van der Waals surface area (Å²) in [5.41, 5.74) is -1.30. The van der Waals surface area contributed by atoms with Gasteiger partial charge in [0.15, 0.2) is 0 Å². The number of nitrogens with zero attached hydrogens (tertiary/aromatic N) is 2. The van der Waals surface area contributed by atoms with Crippen molar-refractivity contribution in [3.05, 3.63) is 12.7 Å². The number of ketones is 1. The molecule has 1 saturated carbocycles. The predicted octanol–water partition coefficient (Wildman–Crippen LogP) is 4.38. The molecule has 1 aliphatic carbocycles. The molecule has 0 bridgehead atoms. The fourth-order valence-corrected chi connectivity index (χ4v) is 8.23. The number of carbonyl (C=O) groups is 5. The third kappa shape index (κ3) is 14.0. The molecule has 304 valence electrons. The number of hydrogen-bond donors (Lipinski definition) is 4. The average molecular weight is 767 g/mol. The molecule has 0 spiro atoms. The number of nitrogens with one attached hydrogen (secondary N) is 4. The summed E-state index contributed by atoms with van der Waals surface area (Å²) < 4.78 is 27.4. The number of unbranched alkanes of at least 4 members (excludes halogenated alkanes) is 1. The number of likely N-dealkylation sites (tertiary alicyclic amines) is 1. The molecule has 1 aliphatic heterocycles. The van der Waals surface area contributed by atoms with Gasteiger partial charge in [-0.3, -0.25) is 19.2 Å².